The Bertz CT molecular complexity index is 813. The Hall–Kier alpha value is -2.63. The molecule has 1 aromatic rings. The molecule has 31 heavy (non-hydrogen) atoms. The number of likely N-dealkylation sites (tertiary alicyclic amines) is 1. The molecule has 2 bridgehead atoms. The number of nitriles is 1. The van der Waals surface area contributed by atoms with E-state index in [9.17, 15) is 14.7 Å². The molecule has 8 heteroatoms. The minimum atomic E-state index is -1.07. The second kappa shape index (κ2) is 9.67. The van der Waals surface area contributed by atoms with E-state index in [2.05, 4.69) is 21.2 Å². The summed E-state index contributed by atoms with van der Waals surface area (Å²) in [5, 5.41) is 20.8. The van der Waals surface area contributed by atoms with Crippen molar-refractivity contribution in [3.63, 3.8) is 0 Å². The van der Waals surface area contributed by atoms with E-state index in [0.717, 1.165) is 25.9 Å². The Morgan fingerprint density at radius 1 is 1.23 bits per heavy atom. The first-order valence-electron chi connectivity index (χ1n) is 10.8. The standard InChI is InChI=1S/C23H32N4O4/c1-23(2,3)21(28)14-26-12-18-6-7-19(13-26)27(18)11-17(25-22(29)30)15-31-20-8-4-16(10-24)5-9-20/h4-5,8-9,17-19,25H,6-7,11-15H2,1-3H3,(H,29,30)/t17-,18?,19?/m0/s1. The molecule has 2 aliphatic rings. The summed E-state index contributed by atoms with van der Waals surface area (Å²) < 4.78 is 5.80. The third-order valence-corrected chi connectivity index (χ3v) is 6.11. The van der Waals surface area contributed by atoms with Crippen LogP contribution in [0, 0.1) is 16.7 Å². The molecule has 2 saturated heterocycles. The fourth-order valence-corrected chi connectivity index (χ4v) is 4.34. The van der Waals surface area contributed by atoms with E-state index in [1.165, 1.54) is 0 Å². The fourth-order valence-electron chi connectivity index (χ4n) is 4.34. The van der Waals surface area contributed by atoms with Crippen molar-refractivity contribution in [2.75, 3.05) is 32.8 Å². The third-order valence-electron chi connectivity index (χ3n) is 6.11. The number of ketones is 1. The summed E-state index contributed by atoms with van der Waals surface area (Å²) in [6, 6.07) is 9.10. The molecule has 168 valence electrons. The maximum Gasteiger partial charge on any atom is 0.405 e. The normalized spacial score (nSPS) is 22.5. The zero-order valence-electron chi connectivity index (χ0n) is 18.5. The summed E-state index contributed by atoms with van der Waals surface area (Å²) in [6.07, 6.45) is 1.04. The summed E-state index contributed by atoms with van der Waals surface area (Å²) in [5.41, 5.74) is 0.210. The monoisotopic (exact) mass is 428 g/mol. The van der Waals surface area contributed by atoms with Gasteiger partial charge in [0.1, 0.15) is 12.4 Å². The molecule has 2 heterocycles. The van der Waals surface area contributed by atoms with Crippen molar-refractivity contribution in [3.8, 4) is 11.8 Å². The number of piperazine rings is 1. The number of carboxylic acid groups (broad SMARTS) is 1. The molecule has 3 atom stereocenters. The van der Waals surface area contributed by atoms with Crippen LogP contribution in [0.1, 0.15) is 39.2 Å². The Morgan fingerprint density at radius 3 is 2.35 bits per heavy atom. The fraction of sp³-hybridized carbons (Fsp3) is 0.609. The Kier molecular flexibility index (Phi) is 7.19. The van der Waals surface area contributed by atoms with Crippen molar-refractivity contribution in [1.82, 2.24) is 15.1 Å². The van der Waals surface area contributed by atoms with E-state index in [1.54, 1.807) is 24.3 Å². The largest absolute Gasteiger partial charge is 0.491 e. The number of Topliss-reactive ketones (excluding diaryl/α,β-unsaturated/α-hetero) is 1. The Balaban J connectivity index is 1.58. The van der Waals surface area contributed by atoms with Crippen LogP contribution in [-0.4, -0.2) is 77.7 Å². The van der Waals surface area contributed by atoms with Gasteiger partial charge in [-0.1, -0.05) is 20.8 Å². The lowest BCUT2D eigenvalue weighted by Crippen LogP contribution is -2.59. The first-order chi connectivity index (χ1) is 14.7. The summed E-state index contributed by atoms with van der Waals surface area (Å²) >= 11 is 0. The molecule has 0 saturated carbocycles. The van der Waals surface area contributed by atoms with Crippen molar-refractivity contribution >= 4 is 11.9 Å². The van der Waals surface area contributed by atoms with Crippen LogP contribution in [0.3, 0.4) is 0 Å². The molecule has 2 fully saturated rings. The number of nitrogens with zero attached hydrogens (tertiary/aromatic N) is 3. The van der Waals surface area contributed by atoms with E-state index >= 15 is 0 Å². The topological polar surface area (TPSA) is 106 Å². The van der Waals surface area contributed by atoms with E-state index in [1.807, 2.05) is 20.8 Å². The van der Waals surface area contributed by atoms with Crippen molar-refractivity contribution in [1.29, 1.82) is 5.26 Å². The van der Waals surface area contributed by atoms with E-state index in [-0.39, 0.29) is 23.8 Å². The Labute approximate surface area is 183 Å². The maximum atomic E-state index is 12.4. The van der Waals surface area contributed by atoms with Gasteiger partial charge in [-0.05, 0) is 37.1 Å². The number of hydrogen-bond donors (Lipinski definition) is 2. The van der Waals surface area contributed by atoms with Gasteiger partial charge in [0.15, 0.2) is 5.78 Å². The van der Waals surface area contributed by atoms with Gasteiger partial charge < -0.3 is 15.2 Å². The molecule has 1 amide bonds. The average Bonchev–Trinajstić information content (AvgIpc) is 2.93. The molecule has 1 aromatic carbocycles. The van der Waals surface area contributed by atoms with Gasteiger partial charge in [-0.25, -0.2) is 4.79 Å². The van der Waals surface area contributed by atoms with Gasteiger partial charge in [-0.2, -0.15) is 5.26 Å². The van der Waals surface area contributed by atoms with E-state index in [4.69, 9.17) is 10.00 Å². The van der Waals surface area contributed by atoms with Crippen molar-refractivity contribution < 1.29 is 19.4 Å². The predicted octanol–water partition coefficient (Wildman–Crippen LogP) is 2.34. The lowest BCUT2D eigenvalue weighted by Gasteiger charge is -2.42. The average molecular weight is 429 g/mol. The molecule has 0 radical (unpaired) electrons. The van der Waals surface area contributed by atoms with Crippen LogP contribution in [0.4, 0.5) is 4.79 Å². The van der Waals surface area contributed by atoms with Gasteiger partial charge in [0, 0.05) is 37.1 Å². The van der Waals surface area contributed by atoms with Crippen LogP contribution < -0.4 is 10.1 Å². The molecule has 3 rings (SSSR count). The first-order valence-corrected chi connectivity index (χ1v) is 10.8. The van der Waals surface area contributed by atoms with Gasteiger partial charge in [0.05, 0.1) is 24.2 Å². The second-order valence-corrected chi connectivity index (χ2v) is 9.54. The quantitative estimate of drug-likeness (QED) is 0.655. The van der Waals surface area contributed by atoms with Gasteiger partial charge >= 0.3 is 6.09 Å². The summed E-state index contributed by atoms with van der Waals surface area (Å²) in [6.45, 7) is 8.77. The SMILES string of the molecule is CC(C)(C)C(=O)CN1CC2CCC(C1)N2C[C@@H](COc1ccc(C#N)cc1)NC(=O)O. The molecule has 0 aliphatic carbocycles. The maximum absolute atomic E-state index is 12.4. The molecular formula is C23H32N4O4. The van der Waals surface area contributed by atoms with E-state index < -0.39 is 6.09 Å². The molecule has 2 unspecified atom stereocenters. The number of fused-ring (bicyclic) bond motifs is 2. The minimum absolute atomic E-state index is 0.209. The number of benzene rings is 1. The molecule has 8 nitrogen and oxygen atoms in total. The highest BCUT2D eigenvalue weighted by molar-refractivity contribution is 5.85. The molecule has 2 aliphatic heterocycles. The third kappa shape index (κ3) is 6.18. The van der Waals surface area contributed by atoms with Crippen LogP contribution in [0.2, 0.25) is 0 Å². The summed E-state index contributed by atoms with van der Waals surface area (Å²) in [5.74, 6) is 0.853. The first kappa shape index (κ1) is 23.0. The van der Waals surface area contributed by atoms with Crippen molar-refractivity contribution in [3.05, 3.63) is 29.8 Å². The zero-order chi connectivity index (χ0) is 22.6. The number of hydrogen-bond acceptors (Lipinski definition) is 6. The Morgan fingerprint density at radius 2 is 1.84 bits per heavy atom. The lowest BCUT2D eigenvalue weighted by atomic mass is 9.90. The highest BCUT2D eigenvalue weighted by Crippen LogP contribution is 2.31. The second-order valence-electron chi connectivity index (χ2n) is 9.54. The number of rotatable bonds is 8. The smallest absolute Gasteiger partial charge is 0.405 e. The number of ether oxygens (including phenoxy) is 1. The van der Waals surface area contributed by atoms with Gasteiger partial charge in [0.2, 0.25) is 0 Å². The number of carbonyl (C=O) groups excluding carboxylic acids is 1. The van der Waals surface area contributed by atoms with Crippen LogP contribution in [-0.2, 0) is 4.79 Å². The van der Waals surface area contributed by atoms with Crippen LogP contribution in [0.5, 0.6) is 5.75 Å². The van der Waals surface area contributed by atoms with Crippen LogP contribution in [0.15, 0.2) is 24.3 Å². The van der Waals surface area contributed by atoms with Gasteiger partial charge in [-0.15, -0.1) is 0 Å². The lowest BCUT2D eigenvalue weighted by molar-refractivity contribution is -0.128. The minimum Gasteiger partial charge on any atom is -0.491 e. The summed E-state index contributed by atoms with van der Waals surface area (Å²) in [7, 11) is 0. The van der Waals surface area contributed by atoms with Crippen LogP contribution in [0.25, 0.3) is 0 Å². The predicted molar refractivity (Wildman–Crippen MR) is 116 cm³/mol. The van der Waals surface area contributed by atoms with Crippen molar-refractivity contribution in [2.45, 2.75) is 51.7 Å². The van der Waals surface area contributed by atoms with E-state index in [0.29, 0.717) is 36.5 Å². The van der Waals surface area contributed by atoms with Gasteiger partial charge in [-0.3, -0.25) is 14.6 Å². The zero-order valence-corrected chi connectivity index (χ0v) is 18.5. The number of nitrogens with one attached hydrogen (secondary N) is 1. The molecule has 0 aromatic heterocycles. The molecule has 0 spiro atoms. The van der Waals surface area contributed by atoms with Crippen LogP contribution >= 0.6 is 0 Å². The molecule has 2 N–H and O–H groups in total. The molecular weight excluding hydrogens is 396 g/mol. The van der Waals surface area contributed by atoms with Gasteiger partial charge in [0.25, 0.3) is 0 Å². The number of amides is 1. The summed E-state index contributed by atoms with van der Waals surface area (Å²) in [4.78, 5) is 28.4. The van der Waals surface area contributed by atoms with Crippen molar-refractivity contribution in [2.24, 2.45) is 5.41 Å². The highest BCUT2D eigenvalue weighted by Gasteiger charge is 2.41. The number of carbonyl (C=O) groups is 2. The highest BCUT2D eigenvalue weighted by atomic mass is 16.5.